The van der Waals surface area contributed by atoms with Gasteiger partial charge in [0.05, 0.1) is 4.92 Å². The zero-order valence-electron chi connectivity index (χ0n) is 14.0. The average Bonchev–Trinajstić information content (AvgIpc) is 2.63. The van der Waals surface area contributed by atoms with Crippen molar-refractivity contribution in [3.8, 4) is 0 Å². The summed E-state index contributed by atoms with van der Waals surface area (Å²) in [6, 6.07) is 7.92. The molecule has 1 N–H and O–H groups in total. The van der Waals surface area contributed by atoms with Gasteiger partial charge in [-0.05, 0) is 72.5 Å². The Morgan fingerprint density at radius 1 is 1.32 bits per heavy atom. The topological polar surface area (TPSA) is 84.2 Å². The SMILES string of the molecule is CCC1CCCCN1c1ncnc(Nc2ccc(I)cc2)c1[N+](=O)[O-]. The first-order chi connectivity index (χ1) is 12.1. The molecule has 0 saturated carbocycles. The fourth-order valence-electron chi connectivity index (χ4n) is 3.21. The lowest BCUT2D eigenvalue weighted by atomic mass is 10.00. The van der Waals surface area contributed by atoms with Gasteiger partial charge in [-0.2, -0.15) is 0 Å². The number of anilines is 3. The number of nitro groups is 1. The molecule has 1 fully saturated rings. The molecule has 2 heterocycles. The molecule has 1 unspecified atom stereocenters. The van der Waals surface area contributed by atoms with Crippen LogP contribution < -0.4 is 10.2 Å². The second-order valence-corrected chi connectivity index (χ2v) is 7.28. The van der Waals surface area contributed by atoms with Crippen molar-refractivity contribution in [3.63, 3.8) is 0 Å². The Morgan fingerprint density at radius 3 is 2.76 bits per heavy atom. The molecule has 1 atom stereocenters. The van der Waals surface area contributed by atoms with Gasteiger partial charge in [0.2, 0.25) is 11.6 Å². The van der Waals surface area contributed by atoms with Crippen molar-refractivity contribution in [2.24, 2.45) is 0 Å². The maximum atomic E-state index is 11.8. The van der Waals surface area contributed by atoms with E-state index >= 15 is 0 Å². The number of aromatic nitrogens is 2. The third-order valence-corrected chi connectivity index (χ3v) is 5.18. The molecule has 25 heavy (non-hydrogen) atoms. The van der Waals surface area contributed by atoms with Crippen molar-refractivity contribution < 1.29 is 4.92 Å². The second kappa shape index (κ2) is 7.94. The summed E-state index contributed by atoms with van der Waals surface area (Å²) in [5.74, 6) is 0.649. The number of halogens is 1. The highest BCUT2D eigenvalue weighted by Crippen LogP contribution is 2.36. The van der Waals surface area contributed by atoms with Gasteiger partial charge in [-0.25, -0.2) is 9.97 Å². The van der Waals surface area contributed by atoms with Crippen LogP contribution in [0.4, 0.5) is 23.0 Å². The summed E-state index contributed by atoms with van der Waals surface area (Å²) in [5, 5.41) is 14.9. The first-order valence-electron chi connectivity index (χ1n) is 8.38. The van der Waals surface area contributed by atoms with Gasteiger partial charge in [-0.3, -0.25) is 10.1 Å². The molecule has 0 bridgehead atoms. The second-order valence-electron chi connectivity index (χ2n) is 6.03. The van der Waals surface area contributed by atoms with E-state index in [4.69, 9.17) is 0 Å². The molecule has 0 amide bonds. The molecule has 132 valence electrons. The third kappa shape index (κ3) is 4.00. The lowest BCUT2D eigenvalue weighted by Crippen LogP contribution is -2.40. The smallest absolute Gasteiger partial charge is 0.348 e. The molecule has 3 rings (SSSR count). The molecule has 1 aliphatic heterocycles. The molecule has 1 aromatic carbocycles. The van der Waals surface area contributed by atoms with Crippen molar-refractivity contribution in [1.82, 2.24) is 9.97 Å². The zero-order valence-corrected chi connectivity index (χ0v) is 16.1. The Hall–Kier alpha value is -1.97. The van der Waals surface area contributed by atoms with Crippen molar-refractivity contribution in [2.75, 3.05) is 16.8 Å². The molecule has 0 spiro atoms. The van der Waals surface area contributed by atoms with Crippen LogP contribution in [-0.2, 0) is 0 Å². The van der Waals surface area contributed by atoms with Crippen molar-refractivity contribution >= 4 is 45.6 Å². The maximum Gasteiger partial charge on any atom is 0.353 e. The number of hydrogen-bond acceptors (Lipinski definition) is 6. The van der Waals surface area contributed by atoms with Crippen LogP contribution in [0.5, 0.6) is 0 Å². The van der Waals surface area contributed by atoms with Crippen LogP contribution in [0.25, 0.3) is 0 Å². The number of rotatable bonds is 5. The summed E-state index contributed by atoms with van der Waals surface area (Å²) in [6.45, 7) is 2.90. The van der Waals surface area contributed by atoms with E-state index < -0.39 is 0 Å². The summed E-state index contributed by atoms with van der Waals surface area (Å²) in [5.41, 5.74) is 0.709. The summed E-state index contributed by atoms with van der Waals surface area (Å²) in [7, 11) is 0. The van der Waals surface area contributed by atoms with E-state index in [2.05, 4.69) is 49.7 Å². The van der Waals surface area contributed by atoms with Crippen LogP contribution in [0.2, 0.25) is 0 Å². The Balaban J connectivity index is 1.99. The first-order valence-corrected chi connectivity index (χ1v) is 9.46. The first kappa shape index (κ1) is 17.8. The molecule has 7 nitrogen and oxygen atoms in total. The van der Waals surface area contributed by atoms with Crippen LogP contribution >= 0.6 is 22.6 Å². The number of benzene rings is 1. The molecule has 1 saturated heterocycles. The average molecular weight is 453 g/mol. The molecule has 0 aliphatic carbocycles. The normalized spacial score (nSPS) is 17.4. The van der Waals surface area contributed by atoms with Crippen LogP contribution in [0.1, 0.15) is 32.6 Å². The Labute approximate surface area is 160 Å². The molecule has 8 heteroatoms. The largest absolute Gasteiger partial charge is 0.353 e. The fourth-order valence-corrected chi connectivity index (χ4v) is 3.57. The van der Waals surface area contributed by atoms with Crippen LogP contribution in [0.3, 0.4) is 0 Å². The molecule has 0 radical (unpaired) electrons. The predicted octanol–water partition coefficient (Wildman–Crippen LogP) is 4.50. The molecular weight excluding hydrogens is 433 g/mol. The van der Waals surface area contributed by atoms with Gasteiger partial charge in [0.25, 0.3) is 0 Å². The highest BCUT2D eigenvalue weighted by atomic mass is 127. The van der Waals surface area contributed by atoms with E-state index in [1.54, 1.807) is 0 Å². The summed E-state index contributed by atoms with van der Waals surface area (Å²) in [6.07, 6.45) is 5.57. The monoisotopic (exact) mass is 453 g/mol. The van der Waals surface area contributed by atoms with Gasteiger partial charge in [0, 0.05) is 21.8 Å². The minimum absolute atomic E-state index is 0.0543. The van der Waals surface area contributed by atoms with E-state index in [1.165, 1.54) is 6.33 Å². The van der Waals surface area contributed by atoms with Crippen LogP contribution in [0, 0.1) is 13.7 Å². The highest BCUT2D eigenvalue weighted by molar-refractivity contribution is 14.1. The Morgan fingerprint density at radius 2 is 2.08 bits per heavy atom. The van der Waals surface area contributed by atoms with Gasteiger partial charge >= 0.3 is 5.69 Å². The minimum atomic E-state index is -0.383. The zero-order chi connectivity index (χ0) is 17.8. The number of nitrogens with one attached hydrogen (secondary N) is 1. The minimum Gasteiger partial charge on any atom is -0.348 e. The van der Waals surface area contributed by atoms with Gasteiger partial charge in [-0.1, -0.05) is 6.92 Å². The highest BCUT2D eigenvalue weighted by Gasteiger charge is 2.31. The third-order valence-electron chi connectivity index (χ3n) is 4.46. The van der Waals surface area contributed by atoms with E-state index in [0.29, 0.717) is 5.82 Å². The van der Waals surface area contributed by atoms with Gasteiger partial charge in [0.1, 0.15) is 6.33 Å². The van der Waals surface area contributed by atoms with Gasteiger partial charge < -0.3 is 10.2 Å². The standard InChI is InChI=1S/C17H20IN5O2/c1-2-14-5-3-4-10-22(14)17-15(23(24)25)16(19-11-20-17)21-13-8-6-12(18)7-9-13/h6-9,11,14H,2-5,10H2,1H3,(H,19,20,21). The van der Waals surface area contributed by atoms with Crippen LogP contribution in [0.15, 0.2) is 30.6 Å². The summed E-state index contributed by atoms with van der Waals surface area (Å²) < 4.78 is 1.10. The van der Waals surface area contributed by atoms with E-state index in [1.807, 2.05) is 24.3 Å². The van der Waals surface area contributed by atoms with Crippen molar-refractivity contribution in [3.05, 3.63) is 44.3 Å². The van der Waals surface area contributed by atoms with Gasteiger partial charge in [0.15, 0.2) is 0 Å². The van der Waals surface area contributed by atoms with Crippen molar-refractivity contribution in [1.29, 1.82) is 0 Å². The number of piperidine rings is 1. The number of hydrogen-bond donors (Lipinski definition) is 1. The maximum absolute atomic E-state index is 11.8. The van der Waals surface area contributed by atoms with Gasteiger partial charge in [-0.15, -0.1) is 0 Å². The fraction of sp³-hybridized carbons (Fsp3) is 0.412. The quantitative estimate of drug-likeness (QED) is 0.408. The van der Waals surface area contributed by atoms with E-state index in [9.17, 15) is 10.1 Å². The molecule has 1 aromatic heterocycles. The molecule has 1 aliphatic rings. The lowest BCUT2D eigenvalue weighted by molar-refractivity contribution is -0.383. The van der Waals surface area contributed by atoms with Crippen LogP contribution in [-0.4, -0.2) is 27.5 Å². The molecular formula is C17H20IN5O2. The van der Waals surface area contributed by atoms with E-state index in [0.717, 1.165) is 41.5 Å². The Kier molecular flexibility index (Phi) is 5.67. The lowest BCUT2D eigenvalue weighted by Gasteiger charge is -2.35. The van der Waals surface area contributed by atoms with E-state index in [-0.39, 0.29) is 22.5 Å². The molecule has 2 aromatic rings. The number of nitrogens with zero attached hydrogens (tertiary/aromatic N) is 4. The summed E-state index contributed by atoms with van der Waals surface area (Å²) >= 11 is 2.22. The predicted molar refractivity (Wildman–Crippen MR) is 106 cm³/mol. The summed E-state index contributed by atoms with van der Waals surface area (Å²) in [4.78, 5) is 21.9. The van der Waals surface area contributed by atoms with Crippen molar-refractivity contribution in [2.45, 2.75) is 38.6 Å². The Bertz CT molecular complexity index is 753.